The van der Waals surface area contributed by atoms with Gasteiger partial charge in [0.05, 0.1) is 23.4 Å². The summed E-state index contributed by atoms with van der Waals surface area (Å²) in [5, 5.41) is 10.0. The molecule has 1 aromatic heterocycles. The maximum Gasteiger partial charge on any atom is 0.346 e. The summed E-state index contributed by atoms with van der Waals surface area (Å²) >= 11 is 4.25. The molecule has 1 atom stereocenters. The van der Waals surface area contributed by atoms with Gasteiger partial charge in [0.2, 0.25) is 0 Å². The van der Waals surface area contributed by atoms with Gasteiger partial charge in [-0.2, -0.15) is 0 Å². The molecule has 0 spiro atoms. The number of carbonyl (C=O) groups is 1. The summed E-state index contributed by atoms with van der Waals surface area (Å²) in [6.45, 7) is 3.88. The van der Waals surface area contributed by atoms with Crippen LogP contribution in [0.2, 0.25) is 0 Å². The molecule has 25 heavy (non-hydrogen) atoms. The summed E-state index contributed by atoms with van der Waals surface area (Å²) in [7, 11) is 1.41. The lowest BCUT2D eigenvalue weighted by molar-refractivity contribution is 0.0701. The van der Waals surface area contributed by atoms with Gasteiger partial charge in [0, 0.05) is 9.86 Å². The molecular formula is C17H18BrFN2O3S. The van der Waals surface area contributed by atoms with Gasteiger partial charge in [-0.25, -0.2) is 14.7 Å². The summed E-state index contributed by atoms with van der Waals surface area (Å²) in [4.78, 5) is 21.2. The van der Waals surface area contributed by atoms with Crippen LogP contribution in [-0.4, -0.2) is 30.1 Å². The van der Waals surface area contributed by atoms with E-state index in [0.29, 0.717) is 15.4 Å². The maximum atomic E-state index is 14.2. The number of aromatic carboxylic acids is 1. The second kappa shape index (κ2) is 8.55. The third-order valence-corrected chi connectivity index (χ3v) is 5.20. The van der Waals surface area contributed by atoms with Crippen LogP contribution in [0, 0.1) is 5.82 Å². The number of fused-ring (bicyclic) bond motifs is 1. The fourth-order valence-electron chi connectivity index (χ4n) is 2.33. The van der Waals surface area contributed by atoms with Gasteiger partial charge < -0.3 is 5.11 Å². The van der Waals surface area contributed by atoms with Gasteiger partial charge in [-0.3, -0.25) is 9.83 Å². The highest BCUT2D eigenvalue weighted by molar-refractivity contribution is 9.10. The number of benzene rings is 1. The van der Waals surface area contributed by atoms with E-state index in [4.69, 9.17) is 4.84 Å². The zero-order valence-corrected chi connectivity index (χ0v) is 16.4. The number of hydrogen-bond donors (Lipinski definition) is 2. The zero-order chi connectivity index (χ0) is 18.6. The number of allylic oxidation sites excluding steroid dienone is 1. The van der Waals surface area contributed by atoms with E-state index in [1.165, 1.54) is 13.2 Å². The molecule has 8 heteroatoms. The molecule has 0 saturated heterocycles. The molecule has 0 amide bonds. The van der Waals surface area contributed by atoms with Crippen molar-refractivity contribution in [2.75, 3.05) is 7.11 Å². The summed E-state index contributed by atoms with van der Waals surface area (Å²) in [6, 6.07) is 2.64. The summed E-state index contributed by atoms with van der Waals surface area (Å²) in [6.07, 6.45) is 4.74. The van der Waals surface area contributed by atoms with Crippen LogP contribution in [0.3, 0.4) is 0 Å². The second-order valence-corrected chi connectivity index (χ2v) is 7.08. The highest BCUT2D eigenvalue weighted by Gasteiger charge is 2.25. The van der Waals surface area contributed by atoms with Crippen LogP contribution in [0.15, 0.2) is 33.7 Å². The van der Waals surface area contributed by atoms with Crippen molar-refractivity contribution in [3.63, 3.8) is 0 Å². The van der Waals surface area contributed by atoms with E-state index < -0.39 is 11.8 Å². The van der Waals surface area contributed by atoms with Crippen molar-refractivity contribution in [1.29, 1.82) is 0 Å². The number of amidine groups is 1. The van der Waals surface area contributed by atoms with Crippen molar-refractivity contribution in [2.45, 2.75) is 26.3 Å². The van der Waals surface area contributed by atoms with Gasteiger partial charge in [-0.15, -0.1) is 11.3 Å². The lowest BCUT2D eigenvalue weighted by Gasteiger charge is -2.11. The number of hydrogen-bond acceptors (Lipinski definition) is 4. The Morgan fingerprint density at radius 1 is 1.56 bits per heavy atom. The molecule has 1 unspecified atom stereocenters. The third kappa shape index (κ3) is 4.26. The number of hydroxylamine groups is 1. The monoisotopic (exact) mass is 428 g/mol. The molecule has 0 bridgehead atoms. The minimum absolute atomic E-state index is 0.00392. The van der Waals surface area contributed by atoms with Crippen molar-refractivity contribution in [3.05, 3.63) is 45.0 Å². The molecule has 0 aliphatic rings. The molecule has 2 N–H and O–H groups in total. The van der Waals surface area contributed by atoms with Crippen LogP contribution in [-0.2, 0) is 4.84 Å². The predicted octanol–water partition coefficient (Wildman–Crippen LogP) is 4.75. The Bertz CT molecular complexity index is 848. The van der Waals surface area contributed by atoms with E-state index in [2.05, 4.69) is 26.4 Å². The van der Waals surface area contributed by atoms with E-state index >= 15 is 0 Å². The molecular weight excluding hydrogens is 411 g/mol. The number of rotatable bonds is 6. The number of carboxylic acids is 1. The largest absolute Gasteiger partial charge is 0.477 e. The topological polar surface area (TPSA) is 70.9 Å². The smallest absolute Gasteiger partial charge is 0.346 e. The van der Waals surface area contributed by atoms with Crippen molar-refractivity contribution in [3.8, 4) is 0 Å². The van der Waals surface area contributed by atoms with Crippen LogP contribution < -0.4 is 5.48 Å². The minimum atomic E-state index is -1.15. The fourth-order valence-corrected chi connectivity index (χ4v) is 4.06. The van der Waals surface area contributed by atoms with Crippen molar-refractivity contribution in [2.24, 2.45) is 4.99 Å². The summed E-state index contributed by atoms with van der Waals surface area (Å²) in [5.41, 5.74) is 2.95. The van der Waals surface area contributed by atoms with E-state index in [-0.39, 0.29) is 21.5 Å². The van der Waals surface area contributed by atoms with Crippen LogP contribution in [0.25, 0.3) is 10.1 Å². The van der Waals surface area contributed by atoms with Crippen molar-refractivity contribution in [1.82, 2.24) is 5.48 Å². The second-order valence-electron chi connectivity index (χ2n) is 5.21. The van der Waals surface area contributed by atoms with Crippen LogP contribution in [0.4, 0.5) is 4.39 Å². The van der Waals surface area contributed by atoms with E-state index in [1.807, 2.05) is 26.0 Å². The summed E-state index contributed by atoms with van der Waals surface area (Å²) in [5.74, 6) is -1.39. The summed E-state index contributed by atoms with van der Waals surface area (Å²) < 4.78 is 15.0. The molecule has 0 fully saturated rings. The van der Waals surface area contributed by atoms with Crippen LogP contribution in [0.1, 0.15) is 35.5 Å². The molecule has 1 aromatic carbocycles. The Balaban J connectivity index is 2.75. The first-order chi connectivity index (χ1) is 11.9. The Hall–Kier alpha value is -1.77. The average molecular weight is 429 g/mol. The lowest BCUT2D eigenvalue weighted by Crippen LogP contribution is -2.26. The molecule has 1 heterocycles. The Morgan fingerprint density at radius 3 is 2.88 bits per heavy atom. The molecule has 5 nitrogen and oxygen atoms in total. The molecule has 134 valence electrons. The van der Waals surface area contributed by atoms with Gasteiger partial charge in [-0.05, 0) is 25.5 Å². The van der Waals surface area contributed by atoms with Crippen LogP contribution in [0.5, 0.6) is 0 Å². The molecule has 0 saturated carbocycles. The van der Waals surface area contributed by atoms with Crippen molar-refractivity contribution >= 4 is 49.2 Å². The fraction of sp³-hybridized carbons (Fsp3) is 0.294. The quantitative estimate of drug-likeness (QED) is 0.301. The molecule has 0 aliphatic heterocycles. The number of nitrogens with zero attached hydrogens (tertiary/aromatic N) is 1. The predicted molar refractivity (Wildman–Crippen MR) is 102 cm³/mol. The molecule has 2 aromatic rings. The first-order valence-electron chi connectivity index (χ1n) is 7.58. The minimum Gasteiger partial charge on any atom is -0.477 e. The van der Waals surface area contributed by atoms with Gasteiger partial charge >= 0.3 is 5.97 Å². The highest BCUT2D eigenvalue weighted by atomic mass is 79.9. The molecule has 0 aliphatic carbocycles. The average Bonchev–Trinajstić information content (AvgIpc) is 2.98. The number of thiophene rings is 1. The number of nitrogens with one attached hydrogen (secondary N) is 1. The Morgan fingerprint density at radius 2 is 2.28 bits per heavy atom. The van der Waals surface area contributed by atoms with Crippen LogP contribution >= 0.6 is 27.3 Å². The molecule has 2 rings (SSSR count). The molecule has 0 radical (unpaired) electrons. The first kappa shape index (κ1) is 19.6. The van der Waals surface area contributed by atoms with Gasteiger partial charge in [-0.1, -0.05) is 35.0 Å². The first-order valence-corrected chi connectivity index (χ1v) is 9.19. The van der Waals surface area contributed by atoms with Crippen molar-refractivity contribution < 1.29 is 19.1 Å². The van der Waals surface area contributed by atoms with E-state index in [9.17, 15) is 14.3 Å². The van der Waals surface area contributed by atoms with Gasteiger partial charge in [0.25, 0.3) is 0 Å². The van der Waals surface area contributed by atoms with E-state index in [0.717, 1.165) is 17.8 Å². The number of aliphatic imine (C=N–C) groups is 1. The zero-order valence-electron chi connectivity index (χ0n) is 14.0. The Labute approximate surface area is 157 Å². The number of halogens is 2. The van der Waals surface area contributed by atoms with E-state index in [1.54, 1.807) is 6.07 Å². The normalized spacial score (nSPS) is 13.6. The standard InChI is InChI=1S/C17H18BrFN2O3S/c1-4-5-6-9(2)20-16(21-24-3)13-12-10(18)7-8-11(19)14(12)25-15(13)17(22)23/h5-9H,4H2,1-3H3,(H,20,21)(H,22,23)/b6-5-. The number of carboxylic acid groups (broad SMARTS) is 1. The highest BCUT2D eigenvalue weighted by Crippen LogP contribution is 2.38. The Kier molecular flexibility index (Phi) is 6.69. The maximum absolute atomic E-state index is 14.2. The third-order valence-electron chi connectivity index (χ3n) is 3.35. The SMILES string of the molecule is CC/C=C\C(C)N=C(NOC)c1c(C(=O)O)sc2c(F)ccc(Br)c12. The van der Waals surface area contributed by atoms with Gasteiger partial charge in [0.1, 0.15) is 10.7 Å². The lowest BCUT2D eigenvalue weighted by atomic mass is 10.1. The van der Waals surface area contributed by atoms with Gasteiger partial charge in [0.15, 0.2) is 5.84 Å².